The van der Waals surface area contributed by atoms with Crippen LogP contribution in [0.5, 0.6) is 0 Å². The van der Waals surface area contributed by atoms with Crippen LogP contribution >= 0.6 is 0 Å². The van der Waals surface area contributed by atoms with Gasteiger partial charge in [0.15, 0.2) is 17.5 Å². The predicted octanol–water partition coefficient (Wildman–Crippen LogP) is 14.8. The van der Waals surface area contributed by atoms with Gasteiger partial charge in [-0.15, -0.1) is 0 Å². The van der Waals surface area contributed by atoms with Crippen LogP contribution in [0.3, 0.4) is 0 Å². The molecule has 0 aliphatic rings. The first kappa shape index (κ1) is 38.8. The quantitative estimate of drug-likeness (QED) is 0.157. The molecule has 3 aromatic heterocycles. The lowest BCUT2D eigenvalue weighted by Gasteiger charge is -2.17. The zero-order valence-electron chi connectivity index (χ0n) is 33.4. The Morgan fingerprint density at radius 2 is 0.766 bits per heavy atom. The van der Waals surface area contributed by atoms with Gasteiger partial charge in [-0.25, -0.2) is 15.0 Å². The fourth-order valence-electron chi connectivity index (χ4n) is 8.65. The summed E-state index contributed by atoms with van der Waals surface area (Å²) in [6.07, 6.45) is -9.47. The molecule has 0 fully saturated rings. The maximum absolute atomic E-state index is 14.5. The molecule has 0 atom stereocenters. The van der Waals surface area contributed by atoms with Gasteiger partial charge in [-0.3, -0.25) is 0 Å². The average molecular weight is 852 g/mol. The van der Waals surface area contributed by atoms with Crippen molar-refractivity contribution in [2.45, 2.75) is 12.4 Å². The first-order chi connectivity index (χ1) is 31.0. The second-order valence-corrected chi connectivity index (χ2v) is 15.5. The van der Waals surface area contributed by atoms with Crippen LogP contribution in [0.15, 0.2) is 188 Å². The Hall–Kier alpha value is -8.05. The van der Waals surface area contributed by atoms with Gasteiger partial charge in [-0.05, 0) is 71.8 Å². The summed E-state index contributed by atoms with van der Waals surface area (Å²) in [7, 11) is 0. The number of aromatic nitrogens is 5. The summed E-state index contributed by atoms with van der Waals surface area (Å²) in [4.78, 5) is 14.9. The Morgan fingerprint density at radius 3 is 1.33 bits per heavy atom. The third kappa shape index (κ3) is 6.64. The number of hydrogen-bond acceptors (Lipinski definition) is 3. The summed E-state index contributed by atoms with van der Waals surface area (Å²) in [6, 6.07) is 54.8. The molecule has 0 unspecified atom stereocenters. The monoisotopic (exact) mass is 851 g/mol. The summed E-state index contributed by atoms with van der Waals surface area (Å²) in [5.74, 6) is 0.823. The van der Waals surface area contributed by atoms with E-state index in [-0.39, 0.29) is 22.5 Å². The van der Waals surface area contributed by atoms with Gasteiger partial charge in [0.25, 0.3) is 0 Å². The summed E-state index contributed by atoms with van der Waals surface area (Å²) in [5, 5.41) is 2.79. The minimum absolute atomic E-state index is 0.0626. The highest BCUT2D eigenvalue weighted by Gasteiger charge is 2.34. The lowest BCUT2D eigenvalue weighted by molar-refractivity contribution is -0.138. The van der Waals surface area contributed by atoms with Crippen molar-refractivity contribution in [1.82, 2.24) is 24.1 Å². The fraction of sp³-hybridized carbons (Fsp3) is 0.0377. The molecule has 310 valence electrons. The second kappa shape index (κ2) is 14.8. The summed E-state index contributed by atoms with van der Waals surface area (Å²) >= 11 is 0. The van der Waals surface area contributed by atoms with E-state index in [0.717, 1.165) is 57.3 Å². The number of fused-ring (bicyclic) bond motifs is 6. The van der Waals surface area contributed by atoms with Crippen LogP contribution in [-0.4, -0.2) is 24.1 Å². The zero-order chi connectivity index (χ0) is 43.7. The van der Waals surface area contributed by atoms with Gasteiger partial charge in [0, 0.05) is 43.9 Å². The van der Waals surface area contributed by atoms with Crippen LogP contribution in [0.1, 0.15) is 11.1 Å². The normalized spacial score (nSPS) is 12.2. The molecule has 11 aromatic rings. The standard InChI is InChI=1S/C53H31F6N5/c54-52(55,56)36-22-25-41-42-26-23-37(53(57,58)59)31-48(42)64(47(41)30-36)45-27-21-34(35-20-24-40-39-18-10-11-19-44(39)63(46(40)29-35)38-16-8-3-9-17-38)28-43(45)51-61-49(32-12-4-1-5-13-32)60-50(62-51)33-14-6-2-7-15-33/h1-31H. The number of para-hydroxylation sites is 2. The second-order valence-electron chi connectivity index (χ2n) is 15.5. The molecule has 0 spiro atoms. The lowest BCUT2D eigenvalue weighted by atomic mass is 9.99. The molecular formula is C53H31F6N5. The Bertz CT molecular complexity index is 3450. The highest BCUT2D eigenvalue weighted by atomic mass is 19.4. The van der Waals surface area contributed by atoms with E-state index in [2.05, 4.69) is 28.8 Å². The van der Waals surface area contributed by atoms with Crippen molar-refractivity contribution in [1.29, 1.82) is 0 Å². The molecular weight excluding hydrogens is 821 g/mol. The maximum Gasteiger partial charge on any atom is 0.416 e. The van der Waals surface area contributed by atoms with Gasteiger partial charge in [-0.1, -0.05) is 127 Å². The van der Waals surface area contributed by atoms with Crippen LogP contribution in [0.4, 0.5) is 26.3 Å². The molecule has 0 aliphatic heterocycles. The van der Waals surface area contributed by atoms with Crippen LogP contribution in [0.25, 0.3) is 100 Å². The maximum atomic E-state index is 14.5. The molecule has 0 saturated heterocycles. The molecule has 5 nitrogen and oxygen atoms in total. The van der Waals surface area contributed by atoms with E-state index >= 15 is 0 Å². The number of benzene rings is 8. The van der Waals surface area contributed by atoms with Crippen molar-refractivity contribution >= 4 is 43.6 Å². The topological polar surface area (TPSA) is 48.5 Å². The Kier molecular flexibility index (Phi) is 8.98. The number of rotatable bonds is 6. The number of alkyl halides is 6. The smallest absolute Gasteiger partial charge is 0.309 e. The highest BCUT2D eigenvalue weighted by Crippen LogP contribution is 2.43. The minimum Gasteiger partial charge on any atom is -0.309 e. The zero-order valence-corrected chi connectivity index (χ0v) is 33.4. The van der Waals surface area contributed by atoms with E-state index in [4.69, 9.17) is 15.0 Å². The average Bonchev–Trinajstić information content (AvgIpc) is 3.83. The van der Waals surface area contributed by atoms with Crippen molar-refractivity contribution in [3.63, 3.8) is 0 Å². The first-order valence-electron chi connectivity index (χ1n) is 20.3. The van der Waals surface area contributed by atoms with Gasteiger partial charge in [-0.2, -0.15) is 26.3 Å². The van der Waals surface area contributed by atoms with Crippen LogP contribution < -0.4 is 0 Å². The molecule has 0 amide bonds. The van der Waals surface area contributed by atoms with E-state index in [9.17, 15) is 26.3 Å². The molecule has 11 rings (SSSR count). The van der Waals surface area contributed by atoms with Crippen molar-refractivity contribution in [2.75, 3.05) is 0 Å². The highest BCUT2D eigenvalue weighted by molar-refractivity contribution is 6.11. The Labute approximate surface area is 361 Å². The molecule has 11 heteroatoms. The summed E-state index contributed by atoms with van der Waals surface area (Å²) in [6.45, 7) is 0. The molecule has 0 aliphatic carbocycles. The molecule has 0 radical (unpaired) electrons. The van der Waals surface area contributed by atoms with Crippen molar-refractivity contribution in [2.24, 2.45) is 0 Å². The van der Waals surface area contributed by atoms with Gasteiger partial charge in [0.1, 0.15) is 0 Å². The van der Waals surface area contributed by atoms with Gasteiger partial charge >= 0.3 is 12.4 Å². The summed E-state index contributed by atoms with van der Waals surface area (Å²) < 4.78 is 90.4. The third-order valence-corrected chi connectivity index (χ3v) is 11.6. The largest absolute Gasteiger partial charge is 0.416 e. The number of nitrogens with zero attached hydrogens (tertiary/aromatic N) is 5. The van der Waals surface area contributed by atoms with Gasteiger partial charge in [0.2, 0.25) is 0 Å². The minimum atomic E-state index is -4.73. The van der Waals surface area contributed by atoms with E-state index in [1.165, 1.54) is 16.7 Å². The van der Waals surface area contributed by atoms with Crippen molar-refractivity contribution < 1.29 is 26.3 Å². The Balaban J connectivity index is 1.23. The van der Waals surface area contributed by atoms with Crippen LogP contribution in [-0.2, 0) is 12.4 Å². The molecule has 0 N–H and O–H groups in total. The molecule has 0 saturated carbocycles. The van der Waals surface area contributed by atoms with Gasteiger partial charge < -0.3 is 9.13 Å². The molecule has 64 heavy (non-hydrogen) atoms. The molecule has 3 heterocycles. The van der Waals surface area contributed by atoms with E-state index in [1.807, 2.05) is 121 Å². The fourth-order valence-corrected chi connectivity index (χ4v) is 8.65. The van der Waals surface area contributed by atoms with Crippen molar-refractivity contribution in [3.8, 4) is 56.7 Å². The van der Waals surface area contributed by atoms with Crippen LogP contribution in [0, 0.1) is 0 Å². The predicted molar refractivity (Wildman–Crippen MR) is 240 cm³/mol. The van der Waals surface area contributed by atoms with Crippen molar-refractivity contribution in [3.05, 3.63) is 199 Å². The van der Waals surface area contributed by atoms with Crippen LogP contribution in [0.2, 0.25) is 0 Å². The Morgan fingerprint density at radius 1 is 0.328 bits per heavy atom. The molecule has 0 bridgehead atoms. The van der Waals surface area contributed by atoms with Gasteiger partial charge in [0.05, 0.1) is 38.9 Å². The molecule has 8 aromatic carbocycles. The third-order valence-electron chi connectivity index (χ3n) is 11.6. The SMILES string of the molecule is FC(F)(F)c1ccc2c3ccc(C(F)(F)F)cc3n(-c3ccc(-c4ccc5c6ccccc6n(-c6ccccc6)c5c4)cc3-c3nc(-c4ccccc4)nc(-c4ccccc4)n3)c2c1. The van der Waals surface area contributed by atoms with E-state index in [0.29, 0.717) is 44.7 Å². The summed E-state index contributed by atoms with van der Waals surface area (Å²) in [5.41, 5.74) is 4.67. The number of halogens is 6. The van der Waals surface area contributed by atoms with E-state index < -0.39 is 23.5 Å². The number of hydrogen-bond donors (Lipinski definition) is 0. The first-order valence-corrected chi connectivity index (χ1v) is 20.3. The van der Waals surface area contributed by atoms with E-state index in [1.54, 1.807) is 6.07 Å². The lowest BCUT2D eigenvalue weighted by Crippen LogP contribution is -2.07.